The van der Waals surface area contributed by atoms with Crippen molar-refractivity contribution in [3.63, 3.8) is 0 Å². The van der Waals surface area contributed by atoms with Crippen molar-refractivity contribution in [1.29, 1.82) is 0 Å². The smallest absolute Gasteiger partial charge is 0.325 e. The molecule has 10 heteroatoms. The number of halogens is 1. The third kappa shape index (κ3) is 3.15. The number of fused-ring (bicyclic) bond motifs is 2. The van der Waals surface area contributed by atoms with Crippen LogP contribution in [-0.2, 0) is 16.1 Å². The third-order valence-corrected chi connectivity index (χ3v) is 6.33. The first-order valence-corrected chi connectivity index (χ1v) is 9.82. The van der Waals surface area contributed by atoms with E-state index in [1.54, 1.807) is 22.8 Å². The predicted octanol–water partition coefficient (Wildman–Crippen LogP) is 3.17. The van der Waals surface area contributed by atoms with Gasteiger partial charge in [-0.3, -0.25) is 9.59 Å². The van der Waals surface area contributed by atoms with Gasteiger partial charge in [0.2, 0.25) is 6.79 Å². The van der Waals surface area contributed by atoms with Crippen LogP contribution in [0.2, 0.25) is 0 Å². The van der Waals surface area contributed by atoms with E-state index in [1.807, 2.05) is 6.07 Å². The van der Waals surface area contributed by atoms with E-state index in [2.05, 4.69) is 20.9 Å². The summed E-state index contributed by atoms with van der Waals surface area (Å²) in [5.74, 6) is 0.416. The zero-order valence-electron chi connectivity index (χ0n) is 13.4. The van der Waals surface area contributed by atoms with Crippen molar-refractivity contribution >= 4 is 60.7 Å². The highest BCUT2D eigenvalue weighted by atomic mass is 79.9. The first-order chi connectivity index (χ1) is 12.5. The lowest BCUT2D eigenvalue weighted by Gasteiger charge is -2.04. The van der Waals surface area contributed by atoms with Crippen molar-refractivity contribution in [2.45, 2.75) is 6.54 Å². The van der Waals surface area contributed by atoms with E-state index in [0.29, 0.717) is 21.2 Å². The minimum absolute atomic E-state index is 0.0591. The Hall–Kier alpha value is -2.17. The molecular formula is C16H11BrN2O5S2. The first-order valence-electron chi connectivity index (χ1n) is 7.39. The van der Waals surface area contributed by atoms with Gasteiger partial charge < -0.3 is 18.8 Å². The average Bonchev–Trinajstić information content (AvgIpc) is 3.32. The molecule has 0 radical (unpaired) electrons. The van der Waals surface area contributed by atoms with Gasteiger partial charge in [-0.25, -0.2) is 0 Å². The average molecular weight is 455 g/mol. The van der Waals surface area contributed by atoms with Crippen LogP contribution < -0.4 is 14.3 Å². The number of carbonyl (C=O) groups is 2. The van der Waals surface area contributed by atoms with Crippen molar-refractivity contribution in [3.8, 4) is 11.5 Å². The van der Waals surface area contributed by atoms with E-state index in [1.165, 1.54) is 29.8 Å². The number of thiophene rings is 1. The summed E-state index contributed by atoms with van der Waals surface area (Å²) in [5, 5.41) is 0. The summed E-state index contributed by atoms with van der Waals surface area (Å²) < 4.78 is 18.9. The van der Waals surface area contributed by atoms with Gasteiger partial charge in [0.25, 0.3) is 5.91 Å². The summed E-state index contributed by atoms with van der Waals surface area (Å²) in [6.07, 6.45) is 0. The molecule has 2 aromatic heterocycles. The van der Waals surface area contributed by atoms with Crippen LogP contribution in [0.15, 0.2) is 33.0 Å². The molecular weight excluding hydrogens is 444 g/mol. The molecule has 0 aliphatic carbocycles. The summed E-state index contributed by atoms with van der Waals surface area (Å²) in [5.41, 5.74) is 0.726. The summed E-state index contributed by atoms with van der Waals surface area (Å²) in [4.78, 5) is 29.4. The van der Waals surface area contributed by atoms with Crippen LogP contribution in [0.4, 0.5) is 0 Å². The fourth-order valence-electron chi connectivity index (χ4n) is 2.46. The van der Waals surface area contributed by atoms with Crippen LogP contribution >= 0.6 is 38.6 Å². The number of ether oxygens (including phenoxy) is 3. The number of hydrogen-bond acceptors (Lipinski definition) is 7. The van der Waals surface area contributed by atoms with Gasteiger partial charge in [-0.15, -0.1) is 11.3 Å². The van der Waals surface area contributed by atoms with E-state index in [0.717, 1.165) is 14.0 Å². The van der Waals surface area contributed by atoms with E-state index in [-0.39, 0.29) is 19.2 Å². The zero-order chi connectivity index (χ0) is 18.3. The number of nitrogens with zero attached hydrogens (tertiary/aromatic N) is 2. The second-order valence-corrected chi connectivity index (χ2v) is 8.71. The van der Waals surface area contributed by atoms with Crippen molar-refractivity contribution in [1.82, 2.24) is 4.57 Å². The third-order valence-electron chi connectivity index (χ3n) is 3.67. The molecule has 0 spiro atoms. The second kappa shape index (κ2) is 6.86. The topological polar surface area (TPSA) is 79.1 Å². The molecule has 4 rings (SSSR count). The number of esters is 1. The summed E-state index contributed by atoms with van der Waals surface area (Å²) in [7, 11) is 1.32. The minimum Gasteiger partial charge on any atom is -0.468 e. The Balaban J connectivity index is 1.87. The fourth-order valence-corrected chi connectivity index (χ4v) is 4.77. The number of thiazole rings is 1. The Bertz CT molecular complexity index is 1100. The van der Waals surface area contributed by atoms with Crippen LogP contribution in [0.25, 0.3) is 10.2 Å². The lowest BCUT2D eigenvalue weighted by atomic mass is 10.3. The Morgan fingerprint density at radius 2 is 2.04 bits per heavy atom. The highest BCUT2D eigenvalue weighted by molar-refractivity contribution is 9.11. The second-order valence-electron chi connectivity index (χ2n) is 5.24. The molecule has 1 aromatic carbocycles. The van der Waals surface area contributed by atoms with Gasteiger partial charge in [0.1, 0.15) is 6.54 Å². The molecule has 134 valence electrons. The molecule has 0 unspecified atom stereocenters. The van der Waals surface area contributed by atoms with E-state index in [9.17, 15) is 9.59 Å². The number of hydrogen-bond donors (Lipinski definition) is 0. The molecule has 1 aliphatic rings. The van der Waals surface area contributed by atoms with E-state index < -0.39 is 5.97 Å². The van der Waals surface area contributed by atoms with Gasteiger partial charge in [0.15, 0.2) is 16.3 Å². The maximum Gasteiger partial charge on any atom is 0.325 e. The van der Waals surface area contributed by atoms with Crippen LogP contribution in [0, 0.1) is 0 Å². The molecule has 7 nitrogen and oxygen atoms in total. The number of methoxy groups -OCH3 is 1. The number of amides is 1. The Morgan fingerprint density at radius 3 is 2.73 bits per heavy atom. The minimum atomic E-state index is -0.435. The number of carbonyl (C=O) groups excluding carboxylic acids is 2. The molecule has 3 heterocycles. The van der Waals surface area contributed by atoms with Gasteiger partial charge in [0, 0.05) is 12.1 Å². The molecule has 0 bridgehead atoms. The lowest BCUT2D eigenvalue weighted by Crippen LogP contribution is -2.22. The molecule has 0 saturated heterocycles. The van der Waals surface area contributed by atoms with Crippen molar-refractivity contribution in [2.75, 3.05) is 13.9 Å². The molecule has 0 atom stereocenters. The number of rotatable bonds is 3. The maximum absolute atomic E-state index is 12.5. The van der Waals surface area contributed by atoms with Crippen molar-refractivity contribution < 1.29 is 23.8 Å². The quantitative estimate of drug-likeness (QED) is 0.567. The standard InChI is InChI=1S/C16H11BrN2O5S2/c1-22-14(20)6-19-8-4-9-10(24-7-23-9)5-12(8)26-16(19)18-15(21)11-2-3-13(17)25-11/h2-5H,6-7H2,1H3. The highest BCUT2D eigenvalue weighted by Crippen LogP contribution is 2.37. The van der Waals surface area contributed by atoms with Crippen LogP contribution in [0.1, 0.15) is 9.67 Å². The normalized spacial score (nSPS) is 13.4. The van der Waals surface area contributed by atoms with Gasteiger partial charge >= 0.3 is 5.97 Å². The van der Waals surface area contributed by atoms with Gasteiger partial charge in [0.05, 0.1) is 26.0 Å². The molecule has 1 amide bonds. The first kappa shape index (κ1) is 17.3. The molecule has 1 aliphatic heterocycles. The summed E-state index contributed by atoms with van der Waals surface area (Å²) in [6, 6.07) is 7.10. The largest absolute Gasteiger partial charge is 0.468 e. The van der Waals surface area contributed by atoms with Crippen LogP contribution in [-0.4, -0.2) is 30.3 Å². The monoisotopic (exact) mass is 454 g/mol. The highest BCUT2D eigenvalue weighted by Gasteiger charge is 2.19. The predicted molar refractivity (Wildman–Crippen MR) is 99.9 cm³/mol. The molecule has 0 saturated carbocycles. The van der Waals surface area contributed by atoms with Gasteiger partial charge in [-0.05, 0) is 28.1 Å². The number of benzene rings is 1. The van der Waals surface area contributed by atoms with E-state index in [4.69, 9.17) is 14.2 Å². The Labute approximate surface area is 163 Å². The Kier molecular flexibility index (Phi) is 4.55. The lowest BCUT2D eigenvalue weighted by molar-refractivity contribution is -0.141. The van der Waals surface area contributed by atoms with Gasteiger partial charge in [-0.1, -0.05) is 11.3 Å². The molecule has 26 heavy (non-hydrogen) atoms. The number of aromatic nitrogens is 1. The van der Waals surface area contributed by atoms with Crippen LogP contribution in [0.3, 0.4) is 0 Å². The van der Waals surface area contributed by atoms with Gasteiger partial charge in [-0.2, -0.15) is 4.99 Å². The summed E-state index contributed by atoms with van der Waals surface area (Å²) in [6.45, 7) is 0.100. The van der Waals surface area contributed by atoms with Crippen molar-refractivity contribution in [2.24, 2.45) is 4.99 Å². The van der Waals surface area contributed by atoms with E-state index >= 15 is 0 Å². The molecule has 3 aromatic rings. The van der Waals surface area contributed by atoms with Crippen LogP contribution in [0.5, 0.6) is 11.5 Å². The molecule has 0 fully saturated rings. The molecule has 0 N–H and O–H groups in total. The zero-order valence-corrected chi connectivity index (χ0v) is 16.6. The van der Waals surface area contributed by atoms with Crippen molar-refractivity contribution in [3.05, 3.63) is 37.7 Å². The maximum atomic E-state index is 12.5. The SMILES string of the molecule is COC(=O)Cn1c(=NC(=O)c2ccc(Br)s2)sc2cc3c(cc21)OCO3. The fraction of sp³-hybridized carbons (Fsp3) is 0.188. The summed E-state index contributed by atoms with van der Waals surface area (Å²) >= 11 is 5.93. The Morgan fingerprint density at radius 1 is 1.27 bits per heavy atom.